The lowest BCUT2D eigenvalue weighted by atomic mass is 10.0. The highest BCUT2D eigenvalue weighted by Gasteiger charge is 2.24. The van der Waals surface area contributed by atoms with Crippen LogP contribution in [0.2, 0.25) is 0 Å². The molecule has 1 atom stereocenters. The van der Waals surface area contributed by atoms with E-state index in [4.69, 9.17) is 9.47 Å². The van der Waals surface area contributed by atoms with Crippen molar-refractivity contribution in [2.75, 3.05) is 32.6 Å². The third-order valence-electron chi connectivity index (χ3n) is 4.20. The Labute approximate surface area is 146 Å². The number of benzene rings is 1. The number of ether oxygens (including phenoxy) is 2. The maximum Gasteiger partial charge on any atom is 0.254 e. The molecule has 1 N–H and O–H groups in total. The number of likely N-dealkylation sites (tertiary alicyclic amines) is 1. The maximum absolute atomic E-state index is 12.5. The molecular formula is C18H22N2O3S. The zero-order valence-corrected chi connectivity index (χ0v) is 14.8. The third-order valence-corrected chi connectivity index (χ3v) is 4.88. The molecule has 0 spiro atoms. The quantitative estimate of drug-likeness (QED) is 0.900. The van der Waals surface area contributed by atoms with Crippen LogP contribution in [-0.2, 0) is 0 Å². The van der Waals surface area contributed by atoms with Crippen LogP contribution < -0.4 is 14.8 Å². The molecule has 0 aliphatic carbocycles. The first-order chi connectivity index (χ1) is 11.7. The Balaban J connectivity index is 1.68. The Hall–Kier alpha value is -2.21. The van der Waals surface area contributed by atoms with E-state index in [2.05, 4.69) is 5.32 Å². The first kappa shape index (κ1) is 16.6. The maximum atomic E-state index is 12.5. The molecule has 2 heterocycles. The van der Waals surface area contributed by atoms with Gasteiger partial charge in [0.15, 0.2) is 0 Å². The van der Waals surface area contributed by atoms with Gasteiger partial charge in [-0.1, -0.05) is 0 Å². The molecule has 0 unspecified atom stereocenters. The van der Waals surface area contributed by atoms with E-state index < -0.39 is 0 Å². The minimum absolute atomic E-state index is 0.117. The number of nitrogens with one attached hydrogen (secondary N) is 1. The van der Waals surface area contributed by atoms with Gasteiger partial charge in [0.05, 0.1) is 19.8 Å². The summed E-state index contributed by atoms with van der Waals surface area (Å²) in [6.07, 6.45) is 2.03. The van der Waals surface area contributed by atoms with Crippen molar-refractivity contribution in [3.05, 3.63) is 40.6 Å². The van der Waals surface area contributed by atoms with Gasteiger partial charge in [-0.15, -0.1) is 0 Å². The average Bonchev–Trinajstić information content (AvgIpc) is 3.15. The summed E-state index contributed by atoms with van der Waals surface area (Å²) in [6.45, 7) is 1.52. The SMILES string of the molecule is COc1cc(N[C@H]2CCCN(C(=O)c3ccsc3)C2)cc(OC)c1. The summed E-state index contributed by atoms with van der Waals surface area (Å²) in [5, 5.41) is 7.36. The average molecular weight is 346 g/mol. The van der Waals surface area contributed by atoms with E-state index in [0.717, 1.165) is 42.1 Å². The van der Waals surface area contributed by atoms with Crippen LogP contribution in [0.5, 0.6) is 11.5 Å². The lowest BCUT2D eigenvalue weighted by Crippen LogP contribution is -2.45. The number of carbonyl (C=O) groups is 1. The highest BCUT2D eigenvalue weighted by Crippen LogP contribution is 2.27. The summed E-state index contributed by atoms with van der Waals surface area (Å²) in [6, 6.07) is 7.85. The van der Waals surface area contributed by atoms with Gasteiger partial charge < -0.3 is 19.7 Å². The fourth-order valence-electron chi connectivity index (χ4n) is 2.97. The highest BCUT2D eigenvalue weighted by molar-refractivity contribution is 7.08. The fraction of sp³-hybridized carbons (Fsp3) is 0.389. The van der Waals surface area contributed by atoms with Gasteiger partial charge in [-0.25, -0.2) is 0 Å². The number of hydrogen-bond donors (Lipinski definition) is 1. The van der Waals surface area contributed by atoms with Gasteiger partial charge in [0.25, 0.3) is 5.91 Å². The van der Waals surface area contributed by atoms with Crippen molar-refractivity contribution in [1.29, 1.82) is 0 Å². The predicted molar refractivity (Wildman–Crippen MR) is 96.4 cm³/mol. The molecule has 0 bridgehead atoms. The van der Waals surface area contributed by atoms with E-state index in [0.29, 0.717) is 6.54 Å². The molecule has 1 aliphatic heterocycles. The monoisotopic (exact) mass is 346 g/mol. The van der Waals surface area contributed by atoms with Crippen LogP contribution in [0.25, 0.3) is 0 Å². The van der Waals surface area contributed by atoms with Crippen molar-refractivity contribution in [2.24, 2.45) is 0 Å². The van der Waals surface area contributed by atoms with Gasteiger partial charge >= 0.3 is 0 Å². The molecule has 24 heavy (non-hydrogen) atoms. The van der Waals surface area contributed by atoms with Crippen molar-refractivity contribution in [3.63, 3.8) is 0 Å². The van der Waals surface area contributed by atoms with Crippen molar-refractivity contribution < 1.29 is 14.3 Å². The van der Waals surface area contributed by atoms with Crippen LogP contribution in [0.3, 0.4) is 0 Å². The second kappa shape index (κ2) is 7.57. The van der Waals surface area contributed by atoms with Crippen molar-refractivity contribution >= 4 is 22.9 Å². The molecule has 0 saturated carbocycles. The number of anilines is 1. The number of piperidine rings is 1. The Kier molecular flexibility index (Phi) is 5.25. The van der Waals surface area contributed by atoms with Gasteiger partial charge in [-0.3, -0.25) is 4.79 Å². The number of thiophene rings is 1. The Morgan fingerprint density at radius 1 is 1.25 bits per heavy atom. The Morgan fingerprint density at radius 2 is 2.00 bits per heavy atom. The lowest BCUT2D eigenvalue weighted by molar-refractivity contribution is 0.0715. The van der Waals surface area contributed by atoms with Crippen LogP contribution in [-0.4, -0.2) is 44.2 Å². The normalized spacial score (nSPS) is 17.4. The zero-order chi connectivity index (χ0) is 16.9. The van der Waals surface area contributed by atoms with E-state index in [1.54, 1.807) is 25.6 Å². The first-order valence-electron chi connectivity index (χ1n) is 8.00. The van der Waals surface area contributed by atoms with E-state index in [1.165, 1.54) is 0 Å². The lowest BCUT2D eigenvalue weighted by Gasteiger charge is -2.33. The molecule has 1 aliphatic rings. The van der Waals surface area contributed by atoms with Crippen molar-refractivity contribution in [1.82, 2.24) is 4.90 Å². The van der Waals surface area contributed by atoms with Gasteiger partial charge in [0.2, 0.25) is 0 Å². The molecule has 128 valence electrons. The zero-order valence-electron chi connectivity index (χ0n) is 14.0. The summed E-state index contributed by atoms with van der Waals surface area (Å²) >= 11 is 1.55. The van der Waals surface area contributed by atoms with E-state index in [1.807, 2.05) is 39.9 Å². The minimum Gasteiger partial charge on any atom is -0.497 e. The topological polar surface area (TPSA) is 50.8 Å². The third kappa shape index (κ3) is 3.82. The Bertz CT molecular complexity index is 665. The molecule has 1 aromatic heterocycles. The van der Waals surface area contributed by atoms with E-state index in [-0.39, 0.29) is 11.9 Å². The van der Waals surface area contributed by atoms with Gasteiger partial charge in [-0.05, 0) is 24.3 Å². The summed E-state index contributed by atoms with van der Waals surface area (Å²) in [7, 11) is 3.28. The summed E-state index contributed by atoms with van der Waals surface area (Å²) in [5.74, 6) is 1.61. The molecule has 2 aromatic rings. The number of amides is 1. The standard InChI is InChI=1S/C18H22N2O3S/c1-22-16-8-15(9-17(10-16)23-2)19-14-4-3-6-20(11-14)18(21)13-5-7-24-12-13/h5,7-10,12,14,19H,3-4,6,11H2,1-2H3/t14-/m0/s1. The van der Waals surface area contributed by atoms with Crippen LogP contribution in [0, 0.1) is 0 Å². The van der Waals surface area contributed by atoms with Crippen LogP contribution in [0.4, 0.5) is 5.69 Å². The van der Waals surface area contributed by atoms with E-state index >= 15 is 0 Å². The summed E-state index contributed by atoms with van der Waals surface area (Å²) in [4.78, 5) is 14.5. The second-order valence-corrected chi connectivity index (χ2v) is 6.63. The molecular weight excluding hydrogens is 324 g/mol. The predicted octanol–water partition coefficient (Wildman–Crippen LogP) is 3.48. The molecule has 1 aromatic carbocycles. The smallest absolute Gasteiger partial charge is 0.254 e. The Morgan fingerprint density at radius 3 is 2.62 bits per heavy atom. The van der Waals surface area contributed by atoms with Gasteiger partial charge in [0, 0.05) is 48.4 Å². The number of methoxy groups -OCH3 is 2. The first-order valence-corrected chi connectivity index (χ1v) is 8.95. The molecule has 1 amide bonds. The molecule has 6 heteroatoms. The summed E-state index contributed by atoms with van der Waals surface area (Å²) in [5.41, 5.74) is 1.73. The largest absolute Gasteiger partial charge is 0.497 e. The minimum atomic E-state index is 0.117. The summed E-state index contributed by atoms with van der Waals surface area (Å²) < 4.78 is 10.6. The van der Waals surface area contributed by atoms with Gasteiger partial charge in [0.1, 0.15) is 11.5 Å². The second-order valence-electron chi connectivity index (χ2n) is 5.85. The van der Waals surface area contributed by atoms with Crippen LogP contribution in [0.15, 0.2) is 35.0 Å². The molecule has 5 nitrogen and oxygen atoms in total. The molecule has 0 radical (unpaired) electrons. The van der Waals surface area contributed by atoms with Crippen LogP contribution >= 0.6 is 11.3 Å². The van der Waals surface area contributed by atoms with E-state index in [9.17, 15) is 4.79 Å². The highest BCUT2D eigenvalue weighted by atomic mass is 32.1. The number of nitrogens with zero attached hydrogens (tertiary/aromatic N) is 1. The number of hydrogen-bond acceptors (Lipinski definition) is 5. The fourth-order valence-corrected chi connectivity index (χ4v) is 3.60. The molecule has 3 rings (SSSR count). The van der Waals surface area contributed by atoms with Crippen molar-refractivity contribution in [2.45, 2.75) is 18.9 Å². The number of carbonyl (C=O) groups excluding carboxylic acids is 1. The van der Waals surface area contributed by atoms with Gasteiger partial charge in [-0.2, -0.15) is 11.3 Å². The molecule has 1 saturated heterocycles. The number of rotatable bonds is 5. The van der Waals surface area contributed by atoms with Crippen LogP contribution in [0.1, 0.15) is 23.2 Å². The molecule has 1 fully saturated rings. The van der Waals surface area contributed by atoms with Crippen molar-refractivity contribution in [3.8, 4) is 11.5 Å².